The minimum absolute atomic E-state index is 0.247. The highest BCUT2D eigenvalue weighted by atomic mass is 15.3. The molecule has 0 bridgehead atoms. The summed E-state index contributed by atoms with van der Waals surface area (Å²) in [5.41, 5.74) is 2.64. The van der Waals surface area contributed by atoms with Crippen molar-refractivity contribution in [2.24, 2.45) is 0 Å². The smallest absolute Gasteiger partial charge is 0.0597 e. The summed E-state index contributed by atoms with van der Waals surface area (Å²) in [5.74, 6) is 0. The molecule has 3 nitrogen and oxygen atoms in total. The average molecular weight is 223 g/mol. The quantitative estimate of drug-likeness (QED) is 0.803. The number of nitrogens with one attached hydrogen (secondary N) is 1. The number of nitrogens with zero attached hydrogens (tertiary/aromatic N) is 2. The third kappa shape index (κ3) is 3.08. The van der Waals surface area contributed by atoms with Gasteiger partial charge in [0.15, 0.2) is 0 Å². The van der Waals surface area contributed by atoms with Gasteiger partial charge < -0.3 is 5.32 Å². The molecular formula is C13H25N3. The van der Waals surface area contributed by atoms with Crippen LogP contribution in [0.1, 0.15) is 51.9 Å². The molecule has 0 aromatic carbocycles. The molecule has 1 aromatic rings. The maximum Gasteiger partial charge on any atom is 0.0597 e. The zero-order chi connectivity index (χ0) is 12.2. The molecule has 1 heterocycles. The maximum absolute atomic E-state index is 4.46. The van der Waals surface area contributed by atoms with Crippen LogP contribution in [-0.4, -0.2) is 15.3 Å². The summed E-state index contributed by atoms with van der Waals surface area (Å²) in [6, 6.07) is 2.17. The van der Waals surface area contributed by atoms with Crippen LogP contribution in [0.3, 0.4) is 0 Å². The zero-order valence-electron chi connectivity index (χ0n) is 11.3. The zero-order valence-corrected chi connectivity index (χ0v) is 11.3. The largest absolute Gasteiger partial charge is 0.306 e. The Morgan fingerprint density at radius 1 is 1.31 bits per heavy atom. The summed E-state index contributed by atoms with van der Waals surface area (Å²) >= 11 is 0. The minimum atomic E-state index is 0.247. The van der Waals surface area contributed by atoms with Crippen LogP contribution in [0.2, 0.25) is 0 Å². The Kier molecular flexibility index (Phi) is 4.54. The number of rotatable bonds is 6. The number of hydrogen-bond acceptors (Lipinski definition) is 2. The van der Waals surface area contributed by atoms with Crippen molar-refractivity contribution in [2.75, 3.05) is 0 Å². The summed E-state index contributed by atoms with van der Waals surface area (Å²) in [5, 5.41) is 8.10. The minimum Gasteiger partial charge on any atom is -0.306 e. The Labute approximate surface area is 99.2 Å². The Morgan fingerprint density at radius 2 is 1.94 bits per heavy atom. The maximum atomic E-state index is 4.46. The van der Waals surface area contributed by atoms with E-state index in [1.807, 2.05) is 0 Å². The van der Waals surface area contributed by atoms with Crippen molar-refractivity contribution in [1.29, 1.82) is 0 Å². The van der Waals surface area contributed by atoms with Crippen LogP contribution in [0, 0.1) is 6.92 Å². The molecule has 0 aliphatic heterocycles. The van der Waals surface area contributed by atoms with Crippen LogP contribution in [-0.2, 0) is 13.1 Å². The Balaban J connectivity index is 2.66. The molecule has 0 atom stereocenters. The summed E-state index contributed by atoms with van der Waals surface area (Å²) < 4.78 is 2.08. The molecule has 16 heavy (non-hydrogen) atoms. The molecule has 0 spiro atoms. The van der Waals surface area contributed by atoms with E-state index in [1.54, 1.807) is 0 Å². The number of aromatic nitrogens is 2. The predicted octanol–water partition coefficient (Wildman–Crippen LogP) is 2.88. The van der Waals surface area contributed by atoms with Crippen molar-refractivity contribution in [2.45, 2.75) is 66.1 Å². The molecular weight excluding hydrogens is 198 g/mol. The van der Waals surface area contributed by atoms with E-state index in [1.165, 1.54) is 5.69 Å². The first-order chi connectivity index (χ1) is 7.54. The first-order valence-electron chi connectivity index (χ1n) is 6.33. The summed E-state index contributed by atoms with van der Waals surface area (Å²) in [4.78, 5) is 0. The van der Waals surface area contributed by atoms with E-state index in [9.17, 15) is 0 Å². The lowest BCUT2D eigenvalue weighted by molar-refractivity contribution is 0.324. The van der Waals surface area contributed by atoms with Crippen LogP contribution in [0.15, 0.2) is 6.07 Å². The van der Waals surface area contributed by atoms with Gasteiger partial charge in [0.25, 0.3) is 0 Å². The van der Waals surface area contributed by atoms with Gasteiger partial charge in [-0.3, -0.25) is 4.68 Å². The monoisotopic (exact) mass is 223 g/mol. The molecule has 1 aromatic heterocycles. The highest BCUT2D eigenvalue weighted by molar-refractivity contribution is 5.09. The van der Waals surface area contributed by atoms with Crippen LogP contribution in [0.25, 0.3) is 0 Å². The predicted molar refractivity (Wildman–Crippen MR) is 68.5 cm³/mol. The van der Waals surface area contributed by atoms with Gasteiger partial charge in [-0.1, -0.05) is 13.8 Å². The van der Waals surface area contributed by atoms with Crippen molar-refractivity contribution in [3.8, 4) is 0 Å². The second-order valence-electron chi connectivity index (χ2n) is 4.71. The number of hydrogen-bond donors (Lipinski definition) is 1. The van der Waals surface area contributed by atoms with Gasteiger partial charge in [-0.25, -0.2) is 0 Å². The Morgan fingerprint density at radius 3 is 2.44 bits per heavy atom. The van der Waals surface area contributed by atoms with Gasteiger partial charge in [0.2, 0.25) is 0 Å². The fourth-order valence-corrected chi connectivity index (χ4v) is 1.82. The van der Waals surface area contributed by atoms with Crippen molar-refractivity contribution in [1.82, 2.24) is 15.1 Å². The van der Waals surface area contributed by atoms with E-state index in [-0.39, 0.29) is 5.54 Å². The summed E-state index contributed by atoms with van der Waals surface area (Å²) in [7, 11) is 0. The lowest BCUT2D eigenvalue weighted by Crippen LogP contribution is -2.40. The Hall–Kier alpha value is -0.830. The normalized spacial score (nSPS) is 12.1. The van der Waals surface area contributed by atoms with E-state index < -0.39 is 0 Å². The second-order valence-corrected chi connectivity index (χ2v) is 4.71. The first kappa shape index (κ1) is 13.2. The fraction of sp³-hybridized carbons (Fsp3) is 0.769. The van der Waals surface area contributed by atoms with Crippen molar-refractivity contribution >= 4 is 0 Å². The first-order valence-corrected chi connectivity index (χ1v) is 6.33. The second kappa shape index (κ2) is 5.48. The highest BCUT2D eigenvalue weighted by Crippen LogP contribution is 2.15. The highest BCUT2D eigenvalue weighted by Gasteiger charge is 2.19. The van der Waals surface area contributed by atoms with E-state index in [0.29, 0.717) is 0 Å². The summed E-state index contributed by atoms with van der Waals surface area (Å²) in [6.45, 7) is 12.8. The SMILES string of the molecule is CCn1nc(C)cc1CNC(C)(CC)CC. The van der Waals surface area contributed by atoms with Crippen LogP contribution in [0.4, 0.5) is 0 Å². The van der Waals surface area contributed by atoms with E-state index in [2.05, 4.69) is 55.8 Å². The molecule has 1 N–H and O–H groups in total. The van der Waals surface area contributed by atoms with Crippen molar-refractivity contribution in [3.63, 3.8) is 0 Å². The molecule has 0 amide bonds. The third-order valence-electron chi connectivity index (χ3n) is 3.54. The van der Waals surface area contributed by atoms with Gasteiger partial charge in [-0.05, 0) is 39.7 Å². The molecule has 92 valence electrons. The molecule has 1 rings (SSSR count). The molecule has 0 fully saturated rings. The van der Waals surface area contributed by atoms with Crippen LogP contribution in [0.5, 0.6) is 0 Å². The summed E-state index contributed by atoms with van der Waals surface area (Å²) in [6.07, 6.45) is 2.31. The molecule has 0 aliphatic rings. The van der Waals surface area contributed by atoms with Gasteiger partial charge in [0.05, 0.1) is 11.4 Å². The van der Waals surface area contributed by atoms with Gasteiger partial charge in [-0.15, -0.1) is 0 Å². The average Bonchev–Trinajstić information content (AvgIpc) is 2.66. The van der Waals surface area contributed by atoms with Gasteiger partial charge in [0.1, 0.15) is 0 Å². The van der Waals surface area contributed by atoms with E-state index in [4.69, 9.17) is 0 Å². The topological polar surface area (TPSA) is 29.9 Å². The van der Waals surface area contributed by atoms with Crippen molar-refractivity contribution < 1.29 is 0 Å². The molecule has 0 aliphatic carbocycles. The van der Waals surface area contributed by atoms with E-state index >= 15 is 0 Å². The molecule has 0 radical (unpaired) electrons. The van der Waals surface area contributed by atoms with Gasteiger partial charge in [-0.2, -0.15) is 5.10 Å². The van der Waals surface area contributed by atoms with Crippen LogP contribution < -0.4 is 5.32 Å². The van der Waals surface area contributed by atoms with Crippen molar-refractivity contribution in [3.05, 3.63) is 17.5 Å². The van der Waals surface area contributed by atoms with Gasteiger partial charge in [0, 0.05) is 18.6 Å². The lowest BCUT2D eigenvalue weighted by Gasteiger charge is -2.28. The molecule has 0 saturated heterocycles. The number of aryl methyl sites for hydroxylation is 2. The molecule has 0 unspecified atom stereocenters. The lowest BCUT2D eigenvalue weighted by atomic mass is 9.95. The van der Waals surface area contributed by atoms with Crippen LogP contribution >= 0.6 is 0 Å². The standard InChI is InChI=1S/C13H25N3/c1-6-13(5,7-2)14-10-12-9-11(4)15-16(12)8-3/h9,14H,6-8,10H2,1-5H3. The molecule has 0 saturated carbocycles. The Bertz CT molecular complexity index is 324. The fourth-order valence-electron chi connectivity index (χ4n) is 1.82. The molecule has 3 heteroatoms. The van der Waals surface area contributed by atoms with E-state index in [0.717, 1.165) is 31.6 Å². The van der Waals surface area contributed by atoms with Gasteiger partial charge >= 0.3 is 0 Å². The third-order valence-corrected chi connectivity index (χ3v) is 3.54.